The molecule has 4 N–H and O–H groups in total. The number of rotatable bonds is 4. The Morgan fingerprint density at radius 3 is 2.73 bits per heavy atom. The van der Waals surface area contributed by atoms with Crippen molar-refractivity contribution in [2.45, 2.75) is 18.6 Å². The molecule has 0 aliphatic heterocycles. The number of hydrogen-bond acceptors (Lipinski definition) is 5. The lowest BCUT2D eigenvalue weighted by Crippen LogP contribution is -2.20. The zero-order valence-corrected chi connectivity index (χ0v) is 10.1. The summed E-state index contributed by atoms with van der Waals surface area (Å²) in [6, 6.07) is 1.39. The van der Waals surface area contributed by atoms with E-state index in [0.717, 1.165) is 0 Å². The Morgan fingerprint density at radius 1 is 1.47 bits per heavy atom. The molecular weight excluding hydrogens is 285 g/mol. The Morgan fingerprint density at radius 2 is 2.13 bits per heavy atom. The van der Waals surface area contributed by atoms with Gasteiger partial charge >= 0.3 is 0 Å². The largest absolute Gasteiger partial charge is 0.390 e. The molecule has 0 bridgehead atoms. The van der Waals surface area contributed by atoms with E-state index < -0.39 is 12.2 Å². The van der Waals surface area contributed by atoms with Gasteiger partial charge in [0.15, 0.2) is 11.0 Å². The van der Waals surface area contributed by atoms with Crippen LogP contribution >= 0.6 is 27.5 Å². The number of halogens is 2. The molecule has 1 aromatic rings. The second kappa shape index (κ2) is 5.60. The lowest BCUT2D eigenvalue weighted by atomic mass is 10.0. The maximum atomic E-state index is 9.75. The summed E-state index contributed by atoms with van der Waals surface area (Å²) in [5, 5.41) is 27.1. The summed E-state index contributed by atoms with van der Waals surface area (Å²) in [7, 11) is 0. The summed E-state index contributed by atoms with van der Waals surface area (Å²) < 4.78 is 0. The summed E-state index contributed by atoms with van der Waals surface area (Å²) >= 11 is 8.78. The van der Waals surface area contributed by atoms with Crippen LogP contribution in [0.15, 0.2) is 6.07 Å². The number of nitrogen functional groups attached to an aromatic ring is 1. The highest BCUT2D eigenvalue weighted by atomic mass is 79.9. The van der Waals surface area contributed by atoms with E-state index in [0.29, 0.717) is 17.3 Å². The smallest absolute Gasteiger partial charge is 0.152 e. The van der Waals surface area contributed by atoms with E-state index in [1.165, 1.54) is 6.07 Å². The van der Waals surface area contributed by atoms with Gasteiger partial charge in [0.1, 0.15) is 6.10 Å². The molecule has 1 heterocycles. The molecule has 0 saturated carbocycles. The normalized spacial score (nSPS) is 14.9. The number of nitrogens with two attached hydrogens (primary N) is 1. The molecular formula is C8H11BrClN3O2. The molecule has 0 saturated heterocycles. The minimum Gasteiger partial charge on any atom is -0.390 e. The molecule has 2 atom stereocenters. The van der Waals surface area contributed by atoms with Crippen molar-refractivity contribution in [1.29, 1.82) is 0 Å². The summed E-state index contributed by atoms with van der Waals surface area (Å²) in [6.45, 7) is 0. The van der Waals surface area contributed by atoms with Crippen LogP contribution in [0.25, 0.3) is 0 Å². The number of aromatic nitrogens is 2. The molecule has 7 heteroatoms. The molecule has 0 aliphatic carbocycles. The molecule has 0 aromatic carbocycles. The van der Waals surface area contributed by atoms with Gasteiger partial charge in [-0.2, -0.15) is 0 Å². The van der Waals surface area contributed by atoms with Gasteiger partial charge in [0.05, 0.1) is 6.10 Å². The van der Waals surface area contributed by atoms with Crippen LogP contribution in [0, 0.1) is 0 Å². The van der Waals surface area contributed by atoms with Crippen molar-refractivity contribution in [3.05, 3.63) is 16.8 Å². The Hall–Kier alpha value is -0.430. The fourth-order valence-corrected chi connectivity index (χ4v) is 1.73. The zero-order chi connectivity index (χ0) is 11.4. The molecule has 0 aliphatic rings. The Labute approximate surface area is 100 Å². The molecule has 0 spiro atoms. The van der Waals surface area contributed by atoms with Crippen LogP contribution in [0.1, 0.15) is 18.1 Å². The predicted molar refractivity (Wildman–Crippen MR) is 60.8 cm³/mol. The van der Waals surface area contributed by atoms with Gasteiger partial charge in [-0.1, -0.05) is 27.5 Å². The molecule has 2 unspecified atom stereocenters. The molecule has 15 heavy (non-hydrogen) atoms. The number of aliphatic hydroxyl groups is 2. The second-order valence-corrected chi connectivity index (χ2v) is 4.18. The van der Waals surface area contributed by atoms with Gasteiger partial charge in [0.25, 0.3) is 0 Å². The van der Waals surface area contributed by atoms with E-state index in [-0.39, 0.29) is 11.0 Å². The molecule has 0 radical (unpaired) electrons. The third kappa shape index (κ3) is 3.27. The molecule has 0 fully saturated rings. The van der Waals surface area contributed by atoms with E-state index in [4.69, 9.17) is 17.3 Å². The molecule has 1 aromatic heterocycles. The van der Waals surface area contributed by atoms with Gasteiger partial charge in [-0.3, -0.25) is 0 Å². The van der Waals surface area contributed by atoms with Crippen molar-refractivity contribution in [1.82, 2.24) is 10.2 Å². The Kier molecular flexibility index (Phi) is 4.72. The molecule has 5 nitrogen and oxygen atoms in total. The van der Waals surface area contributed by atoms with Crippen molar-refractivity contribution in [2.24, 2.45) is 0 Å². The topological polar surface area (TPSA) is 92.3 Å². The quantitative estimate of drug-likeness (QED) is 0.718. The third-order valence-electron chi connectivity index (χ3n) is 1.91. The Bertz CT molecular complexity index is 340. The van der Waals surface area contributed by atoms with Crippen LogP contribution in [0.3, 0.4) is 0 Å². The van der Waals surface area contributed by atoms with Gasteiger partial charge in [-0.15, -0.1) is 10.2 Å². The Balaban J connectivity index is 2.89. The first-order valence-electron chi connectivity index (χ1n) is 4.27. The molecule has 84 valence electrons. The van der Waals surface area contributed by atoms with Crippen molar-refractivity contribution in [3.63, 3.8) is 0 Å². The van der Waals surface area contributed by atoms with Gasteiger partial charge < -0.3 is 15.9 Å². The second-order valence-electron chi connectivity index (χ2n) is 3.00. The maximum Gasteiger partial charge on any atom is 0.152 e. The zero-order valence-electron chi connectivity index (χ0n) is 7.77. The maximum absolute atomic E-state index is 9.75. The molecule has 1 rings (SSSR count). The number of nitrogens with zero attached hydrogens (tertiary/aromatic N) is 2. The highest BCUT2D eigenvalue weighted by molar-refractivity contribution is 9.09. The third-order valence-corrected chi connectivity index (χ3v) is 2.55. The van der Waals surface area contributed by atoms with Crippen LogP contribution in [-0.4, -0.2) is 31.8 Å². The highest BCUT2D eigenvalue weighted by Crippen LogP contribution is 2.24. The lowest BCUT2D eigenvalue weighted by Gasteiger charge is -2.17. The fraction of sp³-hybridized carbons (Fsp3) is 0.500. The average molecular weight is 297 g/mol. The number of alkyl halides is 1. The minimum atomic E-state index is -1.10. The predicted octanol–water partition coefficient (Wildman–Crippen LogP) is 0.891. The number of hydrogen-bond donors (Lipinski definition) is 3. The first-order valence-corrected chi connectivity index (χ1v) is 5.77. The average Bonchev–Trinajstić information content (AvgIpc) is 2.21. The van der Waals surface area contributed by atoms with Crippen LogP contribution in [0.4, 0.5) is 5.82 Å². The van der Waals surface area contributed by atoms with Crippen LogP contribution in [0.2, 0.25) is 5.15 Å². The first-order chi connectivity index (χ1) is 7.06. The highest BCUT2D eigenvalue weighted by Gasteiger charge is 2.21. The van der Waals surface area contributed by atoms with Gasteiger partial charge in [0.2, 0.25) is 0 Å². The monoisotopic (exact) mass is 295 g/mol. The van der Waals surface area contributed by atoms with E-state index in [1.54, 1.807) is 0 Å². The van der Waals surface area contributed by atoms with Crippen LogP contribution in [-0.2, 0) is 0 Å². The first kappa shape index (κ1) is 12.6. The van der Waals surface area contributed by atoms with Crippen molar-refractivity contribution in [3.8, 4) is 0 Å². The number of anilines is 1. The van der Waals surface area contributed by atoms with Crippen molar-refractivity contribution in [2.75, 3.05) is 11.1 Å². The summed E-state index contributed by atoms with van der Waals surface area (Å²) in [5.74, 6) is 0.0699. The summed E-state index contributed by atoms with van der Waals surface area (Å²) in [5.41, 5.74) is 5.80. The molecule has 0 amide bonds. The van der Waals surface area contributed by atoms with Crippen LogP contribution in [0.5, 0.6) is 0 Å². The minimum absolute atomic E-state index is 0.0699. The van der Waals surface area contributed by atoms with Gasteiger partial charge in [0, 0.05) is 10.9 Å². The number of aliphatic hydroxyl groups excluding tert-OH is 2. The van der Waals surface area contributed by atoms with Gasteiger partial charge in [-0.25, -0.2) is 0 Å². The van der Waals surface area contributed by atoms with E-state index in [1.807, 2.05) is 0 Å². The van der Waals surface area contributed by atoms with E-state index >= 15 is 0 Å². The van der Waals surface area contributed by atoms with E-state index in [9.17, 15) is 10.2 Å². The van der Waals surface area contributed by atoms with E-state index in [2.05, 4.69) is 26.1 Å². The summed E-state index contributed by atoms with van der Waals surface area (Å²) in [4.78, 5) is 0. The van der Waals surface area contributed by atoms with Crippen LogP contribution < -0.4 is 5.73 Å². The van der Waals surface area contributed by atoms with Gasteiger partial charge in [-0.05, 0) is 12.5 Å². The summed E-state index contributed by atoms with van der Waals surface area (Å²) in [6.07, 6.45) is -1.61. The SMILES string of the molecule is Nc1nnc(Cl)cc1C(O)C(O)CCBr. The lowest BCUT2D eigenvalue weighted by molar-refractivity contribution is 0.0176. The standard InChI is InChI=1S/C8H11BrClN3O2/c9-2-1-5(14)7(15)4-3-6(10)12-13-8(4)11/h3,5,7,14-15H,1-2H2,(H2,11,13). The van der Waals surface area contributed by atoms with Crippen molar-refractivity contribution < 1.29 is 10.2 Å². The van der Waals surface area contributed by atoms with Crippen molar-refractivity contribution >= 4 is 33.3 Å². The fourth-order valence-electron chi connectivity index (χ4n) is 1.10.